The van der Waals surface area contributed by atoms with E-state index in [1.54, 1.807) is 7.11 Å². The first-order valence-corrected chi connectivity index (χ1v) is 11.7. The van der Waals surface area contributed by atoms with Crippen molar-refractivity contribution in [3.05, 3.63) is 23.8 Å². The summed E-state index contributed by atoms with van der Waals surface area (Å²) in [5, 5.41) is 10.4. The standard InChI is InChI=1S/C24H41N3O3/c1-4-26-12-14-27(15-13-26)18-22(28)19-30-23-11-10-20(16-24(23)29-3)17-25(2)21-8-6-5-7-9-21/h10-11,16,21-22,28H,4-9,12-15,17-19H2,1-3H3. The van der Waals surface area contributed by atoms with Gasteiger partial charge in [0.2, 0.25) is 0 Å². The molecule has 1 heterocycles. The molecule has 1 atom stereocenters. The summed E-state index contributed by atoms with van der Waals surface area (Å²) in [7, 11) is 3.91. The predicted octanol–water partition coefficient (Wildman–Crippen LogP) is 2.84. The molecule has 2 aliphatic rings. The van der Waals surface area contributed by atoms with Gasteiger partial charge in [-0.05, 0) is 44.1 Å². The van der Waals surface area contributed by atoms with Gasteiger partial charge in [0.05, 0.1) is 7.11 Å². The van der Waals surface area contributed by atoms with Crippen molar-refractivity contribution in [3.8, 4) is 11.5 Å². The Morgan fingerprint density at radius 1 is 1.07 bits per heavy atom. The normalized spacial score (nSPS) is 20.4. The lowest BCUT2D eigenvalue weighted by molar-refractivity contribution is 0.0464. The van der Waals surface area contributed by atoms with Crippen LogP contribution in [0.25, 0.3) is 0 Å². The van der Waals surface area contributed by atoms with Crippen molar-refractivity contribution in [2.24, 2.45) is 0 Å². The summed E-state index contributed by atoms with van der Waals surface area (Å²) < 4.78 is 11.5. The number of rotatable bonds is 10. The molecule has 0 spiro atoms. The lowest BCUT2D eigenvalue weighted by Gasteiger charge is -2.34. The first-order chi connectivity index (χ1) is 14.6. The summed E-state index contributed by atoms with van der Waals surface area (Å²) in [6.07, 6.45) is 6.19. The van der Waals surface area contributed by atoms with E-state index in [1.165, 1.54) is 37.7 Å². The van der Waals surface area contributed by atoms with Crippen molar-refractivity contribution in [2.45, 2.75) is 57.7 Å². The number of hydrogen-bond acceptors (Lipinski definition) is 6. The van der Waals surface area contributed by atoms with Crippen molar-refractivity contribution in [2.75, 3.05) is 60.0 Å². The van der Waals surface area contributed by atoms with Gasteiger partial charge in [0.1, 0.15) is 12.7 Å². The highest BCUT2D eigenvalue weighted by atomic mass is 16.5. The number of methoxy groups -OCH3 is 1. The number of ether oxygens (including phenoxy) is 2. The minimum absolute atomic E-state index is 0.283. The topological polar surface area (TPSA) is 48.4 Å². The minimum Gasteiger partial charge on any atom is -0.493 e. The van der Waals surface area contributed by atoms with Crippen LogP contribution in [0.5, 0.6) is 11.5 Å². The van der Waals surface area contributed by atoms with Gasteiger partial charge in [-0.1, -0.05) is 32.3 Å². The average Bonchev–Trinajstić information content (AvgIpc) is 2.79. The van der Waals surface area contributed by atoms with E-state index in [-0.39, 0.29) is 6.61 Å². The molecule has 0 amide bonds. The van der Waals surface area contributed by atoms with Gasteiger partial charge in [-0.3, -0.25) is 9.80 Å². The lowest BCUT2D eigenvalue weighted by Crippen LogP contribution is -2.49. The largest absolute Gasteiger partial charge is 0.493 e. The summed E-state index contributed by atoms with van der Waals surface area (Å²) in [5.74, 6) is 1.45. The van der Waals surface area contributed by atoms with E-state index in [4.69, 9.17) is 9.47 Å². The lowest BCUT2D eigenvalue weighted by atomic mass is 9.94. The monoisotopic (exact) mass is 419 g/mol. The van der Waals surface area contributed by atoms with Gasteiger partial charge in [-0.2, -0.15) is 0 Å². The Bertz CT molecular complexity index is 628. The van der Waals surface area contributed by atoms with Gasteiger partial charge < -0.3 is 19.5 Å². The smallest absolute Gasteiger partial charge is 0.161 e. The molecular weight excluding hydrogens is 378 g/mol. The average molecular weight is 420 g/mol. The van der Waals surface area contributed by atoms with E-state index in [2.05, 4.69) is 40.8 Å². The van der Waals surface area contributed by atoms with E-state index < -0.39 is 6.10 Å². The maximum absolute atomic E-state index is 10.4. The molecule has 0 aromatic heterocycles. The third kappa shape index (κ3) is 6.84. The Morgan fingerprint density at radius 2 is 1.77 bits per heavy atom. The number of β-amino-alcohol motifs (C(OH)–C–C–N with tert-alkyl or cyclic N) is 1. The number of nitrogens with zero attached hydrogens (tertiary/aromatic N) is 3. The van der Waals surface area contributed by atoms with Crippen LogP contribution in [0.2, 0.25) is 0 Å². The second kappa shape index (κ2) is 11.9. The zero-order chi connectivity index (χ0) is 21.3. The van der Waals surface area contributed by atoms with Crippen LogP contribution < -0.4 is 9.47 Å². The van der Waals surface area contributed by atoms with Gasteiger partial charge in [0.25, 0.3) is 0 Å². The number of likely N-dealkylation sites (N-methyl/N-ethyl adjacent to an activating group) is 1. The Morgan fingerprint density at radius 3 is 2.43 bits per heavy atom. The molecule has 1 aliphatic carbocycles. The van der Waals surface area contributed by atoms with Crippen LogP contribution in [-0.4, -0.2) is 92.0 Å². The zero-order valence-corrected chi connectivity index (χ0v) is 19.2. The van der Waals surface area contributed by atoms with Gasteiger partial charge in [-0.15, -0.1) is 0 Å². The molecule has 6 heteroatoms. The fraction of sp³-hybridized carbons (Fsp3) is 0.750. The summed E-state index contributed by atoms with van der Waals surface area (Å²) in [6, 6.07) is 6.86. The minimum atomic E-state index is -0.500. The van der Waals surface area contributed by atoms with Crippen LogP contribution in [0, 0.1) is 0 Å². The third-order valence-electron chi connectivity index (χ3n) is 6.67. The van der Waals surface area contributed by atoms with E-state index in [9.17, 15) is 5.11 Å². The van der Waals surface area contributed by atoms with Crippen molar-refractivity contribution < 1.29 is 14.6 Å². The number of hydrogen-bond donors (Lipinski definition) is 1. The van der Waals surface area contributed by atoms with Crippen LogP contribution in [0.4, 0.5) is 0 Å². The molecule has 0 radical (unpaired) electrons. The Labute approximate surface area is 182 Å². The van der Waals surface area contributed by atoms with Crippen molar-refractivity contribution >= 4 is 0 Å². The maximum atomic E-state index is 10.4. The highest BCUT2D eigenvalue weighted by molar-refractivity contribution is 5.43. The SMILES string of the molecule is CCN1CCN(CC(O)COc2ccc(CN(C)C3CCCCC3)cc2OC)CC1. The second-order valence-electron chi connectivity index (χ2n) is 8.89. The van der Waals surface area contributed by atoms with Crippen LogP contribution in [0.1, 0.15) is 44.6 Å². The maximum Gasteiger partial charge on any atom is 0.161 e. The molecule has 1 aromatic rings. The molecule has 1 saturated heterocycles. The van der Waals surface area contributed by atoms with Crippen LogP contribution in [-0.2, 0) is 6.54 Å². The predicted molar refractivity (Wildman–Crippen MR) is 121 cm³/mol. The Balaban J connectivity index is 1.47. The number of aliphatic hydroxyl groups excluding tert-OH is 1. The Kier molecular flexibility index (Phi) is 9.25. The van der Waals surface area contributed by atoms with Crippen molar-refractivity contribution in [3.63, 3.8) is 0 Å². The summed E-state index contributed by atoms with van der Waals surface area (Å²) in [5.41, 5.74) is 1.24. The van der Waals surface area contributed by atoms with Crippen molar-refractivity contribution in [1.82, 2.24) is 14.7 Å². The molecule has 30 heavy (non-hydrogen) atoms. The molecule has 2 fully saturated rings. The summed E-state index contributed by atoms with van der Waals surface area (Å²) in [4.78, 5) is 7.23. The molecule has 1 aromatic carbocycles. The molecule has 1 aliphatic heterocycles. The number of benzene rings is 1. The zero-order valence-electron chi connectivity index (χ0n) is 19.2. The van der Waals surface area contributed by atoms with E-state index in [0.717, 1.165) is 45.0 Å². The quantitative estimate of drug-likeness (QED) is 0.629. The molecule has 3 rings (SSSR count). The van der Waals surface area contributed by atoms with Gasteiger partial charge in [-0.25, -0.2) is 0 Å². The van der Waals surface area contributed by atoms with E-state index >= 15 is 0 Å². The van der Waals surface area contributed by atoms with Crippen LogP contribution in [0.15, 0.2) is 18.2 Å². The third-order valence-corrected chi connectivity index (χ3v) is 6.67. The van der Waals surface area contributed by atoms with E-state index in [0.29, 0.717) is 18.3 Å². The van der Waals surface area contributed by atoms with Crippen molar-refractivity contribution in [1.29, 1.82) is 0 Å². The second-order valence-corrected chi connectivity index (χ2v) is 8.89. The van der Waals surface area contributed by atoms with Crippen LogP contribution >= 0.6 is 0 Å². The molecule has 1 saturated carbocycles. The fourth-order valence-electron chi connectivity index (χ4n) is 4.69. The molecule has 6 nitrogen and oxygen atoms in total. The fourth-order valence-corrected chi connectivity index (χ4v) is 4.69. The number of aliphatic hydroxyl groups is 1. The molecule has 1 N–H and O–H groups in total. The highest BCUT2D eigenvalue weighted by Gasteiger charge is 2.20. The Hall–Kier alpha value is -1.34. The highest BCUT2D eigenvalue weighted by Crippen LogP contribution is 2.30. The first-order valence-electron chi connectivity index (χ1n) is 11.7. The summed E-state index contributed by atoms with van der Waals surface area (Å²) >= 11 is 0. The molecular formula is C24H41N3O3. The van der Waals surface area contributed by atoms with E-state index in [1.807, 2.05) is 6.07 Å². The van der Waals surface area contributed by atoms with Gasteiger partial charge in [0, 0.05) is 45.3 Å². The molecule has 1 unspecified atom stereocenters. The molecule has 170 valence electrons. The van der Waals surface area contributed by atoms with Gasteiger partial charge >= 0.3 is 0 Å². The van der Waals surface area contributed by atoms with Crippen LogP contribution in [0.3, 0.4) is 0 Å². The first kappa shape index (κ1) is 23.3. The summed E-state index contributed by atoms with van der Waals surface area (Å²) in [6.45, 7) is 9.35. The molecule has 0 bridgehead atoms. The number of piperazine rings is 1. The van der Waals surface area contributed by atoms with Gasteiger partial charge in [0.15, 0.2) is 11.5 Å².